The third kappa shape index (κ3) is 3.13. The lowest BCUT2D eigenvalue weighted by molar-refractivity contribution is -0.136. The Morgan fingerprint density at radius 3 is 2.35 bits per heavy atom. The molecule has 1 aliphatic rings. The van der Waals surface area contributed by atoms with Gasteiger partial charge >= 0.3 is 0 Å². The molecule has 0 unspecified atom stereocenters. The van der Waals surface area contributed by atoms with Gasteiger partial charge in [-0.3, -0.25) is 14.5 Å². The molecular weight excluding hydrogens is 350 g/mol. The SMILES string of the molecule is CC1=C(c2ccccc2)C(=O)N(C(C)(C)C(=O)c2ccccc2Cl)CO1. The molecule has 5 heteroatoms. The topological polar surface area (TPSA) is 46.6 Å². The molecule has 0 N–H and O–H groups in total. The largest absolute Gasteiger partial charge is 0.477 e. The van der Waals surface area contributed by atoms with Gasteiger partial charge in [-0.05, 0) is 38.5 Å². The lowest BCUT2D eigenvalue weighted by atomic mass is 9.89. The second-order valence-corrected chi connectivity index (χ2v) is 7.08. The standard InChI is InChI=1S/C21H20ClNO3/c1-14-18(15-9-5-4-6-10-15)20(25)23(13-26-14)21(2,3)19(24)16-11-7-8-12-17(16)22/h4-12H,13H2,1-3H3. The number of hydrogen-bond acceptors (Lipinski definition) is 3. The molecule has 0 spiro atoms. The first-order chi connectivity index (χ1) is 12.3. The van der Waals surface area contributed by atoms with Gasteiger partial charge in [-0.25, -0.2) is 0 Å². The van der Waals surface area contributed by atoms with Crippen LogP contribution in [0.2, 0.25) is 5.02 Å². The molecule has 0 saturated carbocycles. The first kappa shape index (κ1) is 18.2. The van der Waals surface area contributed by atoms with Gasteiger partial charge in [0.1, 0.15) is 11.3 Å². The van der Waals surface area contributed by atoms with Crippen LogP contribution in [0.25, 0.3) is 5.57 Å². The number of amides is 1. The third-order valence-corrected chi connectivity index (χ3v) is 4.96. The summed E-state index contributed by atoms with van der Waals surface area (Å²) in [4.78, 5) is 27.8. The number of rotatable bonds is 4. The number of carbonyl (C=O) groups is 2. The first-order valence-corrected chi connectivity index (χ1v) is 8.72. The number of allylic oxidation sites excluding steroid dienone is 1. The molecule has 2 aromatic rings. The van der Waals surface area contributed by atoms with Gasteiger partial charge in [-0.15, -0.1) is 0 Å². The summed E-state index contributed by atoms with van der Waals surface area (Å²) < 4.78 is 5.73. The highest BCUT2D eigenvalue weighted by Gasteiger charge is 2.42. The molecule has 1 aliphatic heterocycles. The predicted octanol–water partition coefficient (Wildman–Crippen LogP) is 4.55. The number of benzene rings is 2. The van der Waals surface area contributed by atoms with E-state index in [2.05, 4.69) is 0 Å². The molecule has 4 nitrogen and oxygen atoms in total. The Balaban J connectivity index is 1.98. The van der Waals surface area contributed by atoms with E-state index in [0.717, 1.165) is 5.56 Å². The van der Waals surface area contributed by atoms with Crippen LogP contribution in [0.4, 0.5) is 0 Å². The summed E-state index contributed by atoms with van der Waals surface area (Å²) in [6.45, 7) is 5.21. The fraction of sp³-hybridized carbons (Fsp3) is 0.238. The highest BCUT2D eigenvalue weighted by molar-refractivity contribution is 6.34. The van der Waals surface area contributed by atoms with Gasteiger partial charge < -0.3 is 4.74 Å². The Morgan fingerprint density at radius 1 is 1.08 bits per heavy atom. The number of Topliss-reactive ketones (excluding diaryl/α,β-unsaturated/α-hetero) is 1. The fourth-order valence-corrected chi connectivity index (χ4v) is 3.24. The third-order valence-electron chi connectivity index (χ3n) is 4.63. The quantitative estimate of drug-likeness (QED) is 0.743. The summed E-state index contributed by atoms with van der Waals surface area (Å²) in [5, 5.41) is 0.367. The predicted molar refractivity (Wildman–Crippen MR) is 102 cm³/mol. The van der Waals surface area contributed by atoms with E-state index >= 15 is 0 Å². The van der Waals surface area contributed by atoms with Crippen LogP contribution in [0, 0.1) is 0 Å². The molecule has 0 fully saturated rings. The minimum atomic E-state index is -1.11. The maximum absolute atomic E-state index is 13.2. The maximum Gasteiger partial charge on any atom is 0.261 e. The van der Waals surface area contributed by atoms with Gasteiger partial charge in [0.15, 0.2) is 12.5 Å². The first-order valence-electron chi connectivity index (χ1n) is 8.34. The number of nitrogens with zero attached hydrogens (tertiary/aromatic N) is 1. The Labute approximate surface area is 158 Å². The second-order valence-electron chi connectivity index (χ2n) is 6.67. The molecule has 0 aliphatic carbocycles. The Morgan fingerprint density at radius 2 is 1.69 bits per heavy atom. The lowest BCUT2D eigenvalue weighted by Gasteiger charge is -2.40. The highest BCUT2D eigenvalue weighted by Crippen LogP contribution is 2.32. The molecule has 0 atom stereocenters. The van der Waals surface area contributed by atoms with Crippen LogP contribution in [0.1, 0.15) is 36.7 Å². The molecule has 1 amide bonds. The smallest absolute Gasteiger partial charge is 0.261 e. The normalized spacial score (nSPS) is 15.1. The van der Waals surface area contributed by atoms with Gasteiger partial charge in [0.25, 0.3) is 5.91 Å². The minimum absolute atomic E-state index is 0.0180. The van der Waals surface area contributed by atoms with Gasteiger partial charge in [0.05, 0.1) is 10.6 Å². The zero-order valence-corrected chi connectivity index (χ0v) is 15.7. The van der Waals surface area contributed by atoms with Crippen molar-refractivity contribution in [2.75, 3.05) is 6.73 Å². The van der Waals surface area contributed by atoms with E-state index in [-0.39, 0.29) is 18.4 Å². The van der Waals surface area contributed by atoms with Crippen molar-refractivity contribution in [2.24, 2.45) is 0 Å². The van der Waals surface area contributed by atoms with Crippen molar-refractivity contribution in [3.63, 3.8) is 0 Å². The number of carbonyl (C=O) groups excluding carboxylic acids is 2. The van der Waals surface area contributed by atoms with Crippen LogP contribution < -0.4 is 0 Å². The summed E-state index contributed by atoms with van der Waals surface area (Å²) in [7, 11) is 0. The zero-order chi connectivity index (χ0) is 18.9. The van der Waals surface area contributed by atoms with Crippen molar-refractivity contribution in [1.82, 2.24) is 4.90 Å². The summed E-state index contributed by atoms with van der Waals surface area (Å²) in [6.07, 6.45) is 0. The van der Waals surface area contributed by atoms with E-state index in [0.29, 0.717) is 21.9 Å². The van der Waals surface area contributed by atoms with Crippen LogP contribution in [0.3, 0.4) is 0 Å². The molecule has 0 aromatic heterocycles. The van der Waals surface area contributed by atoms with E-state index in [9.17, 15) is 9.59 Å². The maximum atomic E-state index is 13.2. The van der Waals surface area contributed by atoms with Gasteiger partial charge in [-0.2, -0.15) is 0 Å². The fourth-order valence-electron chi connectivity index (χ4n) is 3.02. The average Bonchev–Trinajstić information content (AvgIpc) is 2.62. The van der Waals surface area contributed by atoms with Gasteiger partial charge in [0.2, 0.25) is 0 Å². The lowest BCUT2D eigenvalue weighted by Crippen LogP contribution is -2.55. The minimum Gasteiger partial charge on any atom is -0.477 e. The molecule has 134 valence electrons. The molecular formula is C21H20ClNO3. The van der Waals surface area contributed by atoms with Crippen LogP contribution >= 0.6 is 11.6 Å². The number of ketones is 1. The van der Waals surface area contributed by atoms with Crippen molar-refractivity contribution in [3.8, 4) is 0 Å². The number of ether oxygens (including phenoxy) is 1. The summed E-state index contributed by atoms with van der Waals surface area (Å²) >= 11 is 6.18. The van der Waals surface area contributed by atoms with Crippen molar-refractivity contribution >= 4 is 28.9 Å². The Bertz CT molecular complexity index is 887. The van der Waals surface area contributed by atoms with Crippen molar-refractivity contribution in [2.45, 2.75) is 26.3 Å². The highest BCUT2D eigenvalue weighted by atomic mass is 35.5. The van der Waals surface area contributed by atoms with Crippen molar-refractivity contribution in [3.05, 3.63) is 76.5 Å². The molecule has 1 heterocycles. The molecule has 3 rings (SSSR count). The van der Waals surface area contributed by atoms with Crippen molar-refractivity contribution in [1.29, 1.82) is 0 Å². The van der Waals surface area contributed by atoms with E-state index in [1.54, 1.807) is 45.0 Å². The average molecular weight is 370 g/mol. The van der Waals surface area contributed by atoms with Gasteiger partial charge in [-0.1, -0.05) is 54.1 Å². The van der Waals surface area contributed by atoms with E-state index in [1.807, 2.05) is 30.3 Å². The number of hydrogen-bond donors (Lipinski definition) is 0. The summed E-state index contributed by atoms with van der Waals surface area (Å²) in [6, 6.07) is 16.2. The monoisotopic (exact) mass is 369 g/mol. The molecule has 0 saturated heterocycles. The molecule has 2 aromatic carbocycles. The Hall–Kier alpha value is -2.59. The number of halogens is 1. The molecule has 0 bridgehead atoms. The van der Waals surface area contributed by atoms with Crippen LogP contribution in [0.15, 0.2) is 60.4 Å². The summed E-state index contributed by atoms with van der Waals surface area (Å²) in [5.41, 5.74) is 0.514. The van der Waals surface area contributed by atoms with Crippen molar-refractivity contribution < 1.29 is 14.3 Å². The van der Waals surface area contributed by atoms with E-state index < -0.39 is 5.54 Å². The van der Waals surface area contributed by atoms with E-state index in [1.165, 1.54) is 4.90 Å². The van der Waals surface area contributed by atoms with Gasteiger partial charge in [0, 0.05) is 5.56 Å². The van der Waals surface area contributed by atoms with E-state index in [4.69, 9.17) is 16.3 Å². The van der Waals surface area contributed by atoms with Crippen LogP contribution in [0.5, 0.6) is 0 Å². The Kier molecular flexibility index (Phi) is 4.88. The van der Waals surface area contributed by atoms with Crippen LogP contribution in [-0.4, -0.2) is 28.9 Å². The van der Waals surface area contributed by atoms with Crippen LogP contribution in [-0.2, 0) is 9.53 Å². The second kappa shape index (κ2) is 6.96. The zero-order valence-electron chi connectivity index (χ0n) is 15.0. The summed E-state index contributed by atoms with van der Waals surface area (Å²) in [5.74, 6) is 0.0933. The molecule has 0 radical (unpaired) electrons. The molecule has 26 heavy (non-hydrogen) atoms.